The monoisotopic (exact) mass is 311 g/mol. The van der Waals surface area contributed by atoms with E-state index in [9.17, 15) is 4.39 Å². The van der Waals surface area contributed by atoms with E-state index in [-0.39, 0.29) is 5.82 Å². The summed E-state index contributed by atoms with van der Waals surface area (Å²) in [5, 5.41) is 3.20. The van der Waals surface area contributed by atoms with Crippen LogP contribution in [-0.4, -0.2) is 16.1 Å². The summed E-state index contributed by atoms with van der Waals surface area (Å²) in [6.45, 7) is 4.20. The standard InChI is InChI=1S/C13H15BrFN3/c1-2-16-6-12-8-18(9-17-12)7-10-3-4-11(14)5-13(10)15/h3-5,8-9,16H,2,6-7H2,1H3. The van der Waals surface area contributed by atoms with E-state index in [4.69, 9.17) is 0 Å². The van der Waals surface area contributed by atoms with Crippen molar-refractivity contribution < 1.29 is 4.39 Å². The van der Waals surface area contributed by atoms with Crippen LogP contribution in [0.4, 0.5) is 4.39 Å². The Bertz CT molecular complexity index is 525. The second kappa shape index (κ2) is 6.11. The molecule has 2 aromatic rings. The molecule has 3 nitrogen and oxygen atoms in total. The van der Waals surface area contributed by atoms with Gasteiger partial charge in [-0.2, -0.15) is 0 Å². The van der Waals surface area contributed by atoms with Crippen molar-refractivity contribution in [1.29, 1.82) is 0 Å². The Balaban J connectivity index is 2.06. The van der Waals surface area contributed by atoms with Gasteiger partial charge in [-0.3, -0.25) is 0 Å². The molecule has 0 spiro atoms. The van der Waals surface area contributed by atoms with E-state index < -0.39 is 0 Å². The number of hydrogen-bond donors (Lipinski definition) is 1. The molecule has 0 saturated heterocycles. The smallest absolute Gasteiger partial charge is 0.129 e. The Morgan fingerprint density at radius 2 is 2.28 bits per heavy atom. The van der Waals surface area contributed by atoms with Gasteiger partial charge < -0.3 is 9.88 Å². The maximum atomic E-state index is 13.7. The summed E-state index contributed by atoms with van der Waals surface area (Å²) < 4.78 is 16.3. The normalized spacial score (nSPS) is 10.8. The summed E-state index contributed by atoms with van der Waals surface area (Å²) in [5.74, 6) is -0.202. The van der Waals surface area contributed by atoms with E-state index in [1.54, 1.807) is 12.4 Å². The van der Waals surface area contributed by atoms with Crippen LogP contribution >= 0.6 is 15.9 Å². The van der Waals surface area contributed by atoms with Crippen LogP contribution in [0.3, 0.4) is 0 Å². The molecule has 0 fully saturated rings. The van der Waals surface area contributed by atoms with Gasteiger partial charge in [-0.1, -0.05) is 28.9 Å². The van der Waals surface area contributed by atoms with Crippen molar-refractivity contribution in [3.63, 3.8) is 0 Å². The molecule has 5 heteroatoms. The lowest BCUT2D eigenvalue weighted by molar-refractivity contribution is 0.598. The second-order valence-corrected chi connectivity index (χ2v) is 4.97. The third-order valence-corrected chi connectivity index (χ3v) is 3.10. The third-order valence-electron chi connectivity index (χ3n) is 2.61. The minimum absolute atomic E-state index is 0.202. The van der Waals surface area contributed by atoms with Crippen molar-refractivity contribution in [3.05, 3.63) is 52.3 Å². The van der Waals surface area contributed by atoms with Gasteiger partial charge in [0, 0.05) is 22.8 Å². The molecule has 0 amide bonds. The number of aromatic nitrogens is 2. The fourth-order valence-electron chi connectivity index (χ4n) is 1.68. The molecule has 0 aliphatic heterocycles. The van der Waals surface area contributed by atoms with E-state index in [2.05, 4.69) is 26.2 Å². The number of halogens is 2. The van der Waals surface area contributed by atoms with Crippen LogP contribution in [0, 0.1) is 5.82 Å². The van der Waals surface area contributed by atoms with Crippen molar-refractivity contribution in [2.45, 2.75) is 20.0 Å². The largest absolute Gasteiger partial charge is 0.333 e. The van der Waals surface area contributed by atoms with Gasteiger partial charge in [-0.15, -0.1) is 0 Å². The van der Waals surface area contributed by atoms with Crippen molar-refractivity contribution in [3.8, 4) is 0 Å². The maximum Gasteiger partial charge on any atom is 0.129 e. The van der Waals surface area contributed by atoms with E-state index >= 15 is 0 Å². The van der Waals surface area contributed by atoms with E-state index in [0.717, 1.165) is 23.3 Å². The summed E-state index contributed by atoms with van der Waals surface area (Å²) >= 11 is 3.25. The molecular formula is C13H15BrFN3. The number of rotatable bonds is 5. The van der Waals surface area contributed by atoms with E-state index in [1.807, 2.05) is 23.8 Å². The number of nitrogens with one attached hydrogen (secondary N) is 1. The lowest BCUT2D eigenvalue weighted by atomic mass is 10.2. The molecule has 0 saturated carbocycles. The van der Waals surface area contributed by atoms with Gasteiger partial charge in [0.25, 0.3) is 0 Å². The van der Waals surface area contributed by atoms with Gasteiger partial charge >= 0.3 is 0 Å². The van der Waals surface area contributed by atoms with Crippen molar-refractivity contribution in [2.75, 3.05) is 6.54 Å². The Morgan fingerprint density at radius 3 is 3.00 bits per heavy atom. The first-order valence-corrected chi connectivity index (χ1v) is 6.63. The van der Waals surface area contributed by atoms with Gasteiger partial charge in [0.2, 0.25) is 0 Å². The van der Waals surface area contributed by atoms with Crippen LogP contribution in [0.2, 0.25) is 0 Å². The average Bonchev–Trinajstić information content (AvgIpc) is 2.78. The molecule has 0 aliphatic carbocycles. The summed E-state index contributed by atoms with van der Waals surface area (Å²) in [6, 6.07) is 5.10. The van der Waals surface area contributed by atoms with Gasteiger partial charge in [-0.25, -0.2) is 9.37 Å². The molecular weight excluding hydrogens is 297 g/mol. The highest BCUT2D eigenvalue weighted by Gasteiger charge is 2.04. The predicted molar refractivity (Wildman–Crippen MR) is 72.8 cm³/mol. The summed E-state index contributed by atoms with van der Waals surface area (Å²) in [5.41, 5.74) is 1.62. The van der Waals surface area contributed by atoms with Crippen LogP contribution in [0.5, 0.6) is 0 Å². The molecule has 2 rings (SSSR count). The molecule has 0 radical (unpaired) electrons. The molecule has 1 aromatic heterocycles. The molecule has 1 heterocycles. The summed E-state index contributed by atoms with van der Waals surface area (Å²) in [4.78, 5) is 4.27. The zero-order valence-corrected chi connectivity index (χ0v) is 11.7. The van der Waals surface area contributed by atoms with Crippen molar-refractivity contribution in [2.24, 2.45) is 0 Å². The number of hydrogen-bond acceptors (Lipinski definition) is 2. The lowest BCUT2D eigenvalue weighted by Crippen LogP contribution is -2.11. The fraction of sp³-hybridized carbons (Fsp3) is 0.308. The Kier molecular flexibility index (Phi) is 4.49. The van der Waals surface area contributed by atoms with Gasteiger partial charge in [0.15, 0.2) is 0 Å². The Labute approximate surface area is 114 Å². The highest BCUT2D eigenvalue weighted by Crippen LogP contribution is 2.16. The molecule has 0 aliphatic rings. The minimum Gasteiger partial charge on any atom is -0.333 e. The van der Waals surface area contributed by atoms with Crippen LogP contribution in [-0.2, 0) is 13.1 Å². The molecule has 1 N–H and O–H groups in total. The van der Waals surface area contributed by atoms with Crippen molar-refractivity contribution in [1.82, 2.24) is 14.9 Å². The van der Waals surface area contributed by atoms with Gasteiger partial charge in [-0.05, 0) is 18.7 Å². The van der Waals surface area contributed by atoms with Crippen molar-refractivity contribution >= 4 is 15.9 Å². The van der Waals surface area contributed by atoms with Gasteiger partial charge in [0.05, 0.1) is 18.6 Å². The summed E-state index contributed by atoms with van der Waals surface area (Å²) in [7, 11) is 0. The zero-order chi connectivity index (χ0) is 13.0. The second-order valence-electron chi connectivity index (χ2n) is 4.05. The first-order valence-electron chi connectivity index (χ1n) is 5.84. The number of nitrogens with zero attached hydrogens (tertiary/aromatic N) is 2. The van der Waals surface area contributed by atoms with Crippen LogP contribution < -0.4 is 5.32 Å². The first kappa shape index (κ1) is 13.2. The van der Waals surface area contributed by atoms with E-state index in [1.165, 1.54) is 6.07 Å². The van der Waals surface area contributed by atoms with Gasteiger partial charge in [0.1, 0.15) is 5.82 Å². The third kappa shape index (κ3) is 3.40. The Morgan fingerprint density at radius 1 is 1.44 bits per heavy atom. The topological polar surface area (TPSA) is 29.9 Å². The number of benzene rings is 1. The molecule has 18 heavy (non-hydrogen) atoms. The first-order chi connectivity index (χ1) is 8.69. The lowest BCUT2D eigenvalue weighted by Gasteiger charge is -2.04. The highest BCUT2D eigenvalue weighted by atomic mass is 79.9. The van der Waals surface area contributed by atoms with Crippen LogP contribution in [0.1, 0.15) is 18.2 Å². The minimum atomic E-state index is -0.202. The SMILES string of the molecule is CCNCc1cn(Cc2ccc(Br)cc2F)cn1. The molecule has 0 atom stereocenters. The predicted octanol–water partition coefficient (Wildman–Crippen LogP) is 2.94. The molecule has 0 unspecified atom stereocenters. The van der Waals surface area contributed by atoms with Crippen LogP contribution in [0.15, 0.2) is 35.2 Å². The zero-order valence-electron chi connectivity index (χ0n) is 10.2. The molecule has 1 aromatic carbocycles. The quantitative estimate of drug-likeness (QED) is 0.920. The van der Waals surface area contributed by atoms with E-state index in [0.29, 0.717) is 12.1 Å². The maximum absolute atomic E-state index is 13.7. The molecule has 0 bridgehead atoms. The average molecular weight is 312 g/mol. The van der Waals surface area contributed by atoms with Crippen LogP contribution in [0.25, 0.3) is 0 Å². The Hall–Kier alpha value is -1.20. The fourth-order valence-corrected chi connectivity index (χ4v) is 2.02. The highest BCUT2D eigenvalue weighted by molar-refractivity contribution is 9.10. The number of imidazole rings is 1. The molecule has 96 valence electrons. The summed E-state index contributed by atoms with van der Waals surface area (Å²) in [6.07, 6.45) is 3.66.